The van der Waals surface area contributed by atoms with Crippen LogP contribution in [0.2, 0.25) is 0 Å². The zero-order chi connectivity index (χ0) is 12.8. The highest BCUT2D eigenvalue weighted by molar-refractivity contribution is 5.89. The molecule has 0 aliphatic carbocycles. The van der Waals surface area contributed by atoms with Gasteiger partial charge in [-0.2, -0.15) is 4.98 Å². The van der Waals surface area contributed by atoms with E-state index in [2.05, 4.69) is 25.0 Å². The van der Waals surface area contributed by atoms with Gasteiger partial charge in [-0.3, -0.25) is 0 Å². The lowest BCUT2D eigenvalue weighted by Crippen LogP contribution is -2.07. The third kappa shape index (κ3) is 3.03. The number of pyridine rings is 1. The fraction of sp³-hybridized carbons (Fsp3) is 0.273. The summed E-state index contributed by atoms with van der Waals surface area (Å²) in [6.45, 7) is 2.51. The van der Waals surface area contributed by atoms with Crippen molar-refractivity contribution in [3.63, 3.8) is 0 Å². The Bertz CT molecular complexity index is 496. The monoisotopic (exact) mass is 248 g/mol. The average molecular weight is 248 g/mol. The van der Waals surface area contributed by atoms with Gasteiger partial charge in [0.25, 0.3) is 0 Å². The second kappa shape index (κ2) is 5.76. The summed E-state index contributed by atoms with van der Waals surface area (Å²) in [5.41, 5.74) is 0.418. The molecule has 18 heavy (non-hydrogen) atoms. The van der Waals surface area contributed by atoms with Gasteiger partial charge in [0.15, 0.2) is 5.82 Å². The summed E-state index contributed by atoms with van der Waals surface area (Å²) in [5, 5.41) is 6.65. The summed E-state index contributed by atoms with van der Waals surface area (Å²) in [6, 6.07) is 3.33. The van der Waals surface area contributed by atoms with Crippen molar-refractivity contribution in [1.29, 1.82) is 0 Å². The molecule has 0 bridgehead atoms. The van der Waals surface area contributed by atoms with Crippen LogP contribution < -0.4 is 5.32 Å². The molecular weight excluding hydrogens is 236 g/mol. The Labute approximate surface area is 103 Å². The number of carbonyl (C=O) groups is 1. The van der Waals surface area contributed by atoms with Gasteiger partial charge >= 0.3 is 5.97 Å². The molecule has 7 nitrogen and oxygen atoms in total. The molecule has 0 aromatic carbocycles. The van der Waals surface area contributed by atoms with Crippen molar-refractivity contribution in [3.05, 3.63) is 36.1 Å². The lowest BCUT2D eigenvalue weighted by atomic mass is 10.3. The molecule has 2 aromatic rings. The molecule has 94 valence electrons. The van der Waals surface area contributed by atoms with Gasteiger partial charge in [0.1, 0.15) is 5.82 Å². The smallest absolute Gasteiger partial charge is 0.339 e. The van der Waals surface area contributed by atoms with E-state index in [1.165, 1.54) is 12.6 Å². The minimum Gasteiger partial charge on any atom is -0.462 e. The van der Waals surface area contributed by atoms with Crippen LogP contribution in [0, 0.1) is 0 Å². The molecule has 2 rings (SSSR count). The highest BCUT2D eigenvalue weighted by Gasteiger charge is 2.06. The Hall–Kier alpha value is -2.44. The number of esters is 1. The first kappa shape index (κ1) is 12.0. The first-order chi connectivity index (χ1) is 8.79. The van der Waals surface area contributed by atoms with Crippen molar-refractivity contribution in [1.82, 2.24) is 15.1 Å². The molecule has 0 amide bonds. The summed E-state index contributed by atoms with van der Waals surface area (Å²) in [7, 11) is 0. The maximum atomic E-state index is 11.4. The summed E-state index contributed by atoms with van der Waals surface area (Å²) in [6.07, 6.45) is 2.71. The second-order valence-electron chi connectivity index (χ2n) is 3.35. The van der Waals surface area contributed by atoms with Crippen LogP contribution in [0.1, 0.15) is 23.1 Å². The Kier molecular flexibility index (Phi) is 3.85. The molecule has 7 heteroatoms. The van der Waals surface area contributed by atoms with E-state index >= 15 is 0 Å². The molecule has 0 aliphatic rings. The molecule has 0 spiro atoms. The van der Waals surface area contributed by atoms with E-state index in [9.17, 15) is 4.79 Å². The van der Waals surface area contributed by atoms with Crippen LogP contribution >= 0.6 is 0 Å². The first-order valence-corrected chi connectivity index (χ1v) is 5.42. The Morgan fingerprint density at radius 3 is 2.94 bits per heavy atom. The number of nitrogens with zero attached hydrogens (tertiary/aromatic N) is 3. The third-order valence-electron chi connectivity index (χ3n) is 2.11. The third-order valence-corrected chi connectivity index (χ3v) is 2.11. The number of anilines is 1. The molecule has 0 saturated heterocycles. The lowest BCUT2D eigenvalue weighted by molar-refractivity contribution is 0.0526. The summed E-state index contributed by atoms with van der Waals surface area (Å²) < 4.78 is 9.45. The van der Waals surface area contributed by atoms with Crippen molar-refractivity contribution >= 4 is 11.8 Å². The Morgan fingerprint density at radius 2 is 2.33 bits per heavy atom. The topological polar surface area (TPSA) is 90.1 Å². The maximum absolute atomic E-state index is 11.4. The predicted octanol–water partition coefficient (Wildman–Crippen LogP) is 1.25. The summed E-state index contributed by atoms with van der Waals surface area (Å²) in [4.78, 5) is 19.3. The van der Waals surface area contributed by atoms with Crippen LogP contribution in [-0.4, -0.2) is 27.7 Å². The second-order valence-corrected chi connectivity index (χ2v) is 3.35. The van der Waals surface area contributed by atoms with Crippen LogP contribution in [0.5, 0.6) is 0 Å². The van der Waals surface area contributed by atoms with Crippen LogP contribution in [0.15, 0.2) is 29.2 Å². The fourth-order valence-corrected chi connectivity index (χ4v) is 1.27. The predicted molar refractivity (Wildman–Crippen MR) is 61.8 cm³/mol. The van der Waals surface area contributed by atoms with Gasteiger partial charge in [-0.05, 0) is 19.1 Å². The number of ether oxygens (including phenoxy) is 1. The molecule has 0 saturated carbocycles. The molecule has 0 unspecified atom stereocenters. The number of nitrogens with one attached hydrogen (secondary N) is 1. The van der Waals surface area contributed by atoms with Gasteiger partial charge in [0.2, 0.25) is 6.39 Å². The molecule has 0 fully saturated rings. The average Bonchev–Trinajstić information content (AvgIpc) is 2.90. The number of aromatic nitrogens is 3. The van der Waals surface area contributed by atoms with E-state index in [0.717, 1.165) is 0 Å². The van der Waals surface area contributed by atoms with Crippen molar-refractivity contribution in [2.45, 2.75) is 13.5 Å². The highest BCUT2D eigenvalue weighted by Crippen LogP contribution is 2.07. The minimum absolute atomic E-state index is 0.344. The van der Waals surface area contributed by atoms with Gasteiger partial charge < -0.3 is 14.6 Å². The SMILES string of the molecule is CCOC(=O)c1ccc(NCc2ncon2)nc1. The van der Waals surface area contributed by atoms with E-state index in [1.807, 2.05) is 0 Å². The molecule has 0 atom stereocenters. The molecular formula is C11H12N4O3. The van der Waals surface area contributed by atoms with E-state index in [0.29, 0.717) is 30.4 Å². The van der Waals surface area contributed by atoms with Crippen LogP contribution in [0.4, 0.5) is 5.82 Å². The van der Waals surface area contributed by atoms with Crippen molar-refractivity contribution in [2.75, 3.05) is 11.9 Å². The Morgan fingerprint density at radius 1 is 1.44 bits per heavy atom. The molecule has 1 N–H and O–H groups in total. The molecule has 2 aromatic heterocycles. The van der Waals surface area contributed by atoms with Crippen LogP contribution in [0.25, 0.3) is 0 Å². The number of rotatable bonds is 5. The van der Waals surface area contributed by atoms with Crippen molar-refractivity contribution in [3.8, 4) is 0 Å². The zero-order valence-corrected chi connectivity index (χ0v) is 9.79. The van der Waals surface area contributed by atoms with Crippen molar-refractivity contribution < 1.29 is 14.1 Å². The van der Waals surface area contributed by atoms with Gasteiger partial charge in [-0.1, -0.05) is 5.16 Å². The fourth-order valence-electron chi connectivity index (χ4n) is 1.27. The largest absolute Gasteiger partial charge is 0.462 e. The Balaban J connectivity index is 1.93. The summed E-state index contributed by atoms with van der Waals surface area (Å²) in [5.74, 6) is 0.772. The number of hydrogen-bond acceptors (Lipinski definition) is 7. The molecule has 2 heterocycles. The normalized spacial score (nSPS) is 10.1. The van der Waals surface area contributed by atoms with Crippen LogP contribution in [0.3, 0.4) is 0 Å². The standard InChI is InChI=1S/C11H12N4O3/c1-2-17-11(16)8-3-4-9(12-5-8)13-6-10-14-7-18-15-10/h3-5,7H,2,6H2,1H3,(H,12,13). The molecule has 0 radical (unpaired) electrons. The summed E-state index contributed by atoms with van der Waals surface area (Å²) >= 11 is 0. The van der Waals surface area contributed by atoms with Crippen molar-refractivity contribution in [2.24, 2.45) is 0 Å². The number of carbonyl (C=O) groups excluding carboxylic acids is 1. The quantitative estimate of drug-likeness (QED) is 0.796. The number of hydrogen-bond donors (Lipinski definition) is 1. The van der Waals surface area contributed by atoms with Gasteiger partial charge in [-0.25, -0.2) is 9.78 Å². The van der Waals surface area contributed by atoms with Gasteiger partial charge in [0.05, 0.1) is 18.7 Å². The van der Waals surface area contributed by atoms with Crippen LogP contribution in [-0.2, 0) is 11.3 Å². The van der Waals surface area contributed by atoms with E-state index < -0.39 is 0 Å². The highest BCUT2D eigenvalue weighted by atomic mass is 16.5. The maximum Gasteiger partial charge on any atom is 0.339 e. The van der Waals surface area contributed by atoms with Gasteiger partial charge in [0, 0.05) is 6.20 Å². The van der Waals surface area contributed by atoms with E-state index in [1.54, 1.807) is 19.1 Å². The van der Waals surface area contributed by atoms with E-state index in [4.69, 9.17) is 4.74 Å². The molecule has 0 aliphatic heterocycles. The first-order valence-electron chi connectivity index (χ1n) is 5.42. The van der Waals surface area contributed by atoms with E-state index in [-0.39, 0.29) is 5.97 Å². The lowest BCUT2D eigenvalue weighted by Gasteiger charge is -2.04. The van der Waals surface area contributed by atoms with Gasteiger partial charge in [-0.15, -0.1) is 0 Å². The minimum atomic E-state index is -0.380. The zero-order valence-electron chi connectivity index (χ0n) is 9.79.